The average Bonchev–Trinajstić information content (AvgIpc) is 3.43. The van der Waals surface area contributed by atoms with E-state index in [0.29, 0.717) is 25.2 Å². The summed E-state index contributed by atoms with van der Waals surface area (Å²) in [4.78, 5) is 42.0. The van der Waals surface area contributed by atoms with Gasteiger partial charge in [-0.05, 0) is 52.7 Å². The van der Waals surface area contributed by atoms with Gasteiger partial charge in [-0.1, -0.05) is 6.07 Å². The zero-order chi connectivity index (χ0) is 26.2. The monoisotopic (exact) mass is 511 g/mol. The number of hydroxylamine groups is 1. The van der Waals surface area contributed by atoms with Crippen molar-refractivity contribution in [1.29, 1.82) is 0 Å². The van der Waals surface area contributed by atoms with Gasteiger partial charge in [-0.25, -0.2) is 10.3 Å². The molecule has 37 heavy (non-hydrogen) atoms. The minimum Gasteiger partial charge on any atom is -0.381 e. The quantitative estimate of drug-likeness (QED) is 0.592. The topological polar surface area (TPSA) is 116 Å². The molecule has 0 unspecified atom stereocenters. The van der Waals surface area contributed by atoms with E-state index in [1.165, 1.54) is 0 Å². The summed E-state index contributed by atoms with van der Waals surface area (Å²) in [5.74, 6) is -0.420. The van der Waals surface area contributed by atoms with Crippen molar-refractivity contribution < 1.29 is 19.2 Å². The minimum absolute atomic E-state index is 0.0318. The summed E-state index contributed by atoms with van der Waals surface area (Å²) in [5, 5.41) is 7.56. The molecule has 3 aliphatic heterocycles. The Labute approximate surface area is 217 Å². The van der Waals surface area contributed by atoms with Crippen molar-refractivity contribution in [2.45, 2.75) is 77.4 Å². The van der Waals surface area contributed by atoms with Crippen molar-refractivity contribution in [2.75, 3.05) is 26.3 Å². The Bertz CT molecular complexity index is 1120. The highest BCUT2D eigenvalue weighted by molar-refractivity contribution is 5.91. The van der Waals surface area contributed by atoms with Gasteiger partial charge in [0.15, 0.2) is 0 Å². The number of aromatic amines is 1. The lowest BCUT2D eigenvalue weighted by molar-refractivity contribution is -0.0237. The van der Waals surface area contributed by atoms with Gasteiger partial charge in [-0.2, -0.15) is 5.10 Å². The van der Waals surface area contributed by atoms with Crippen molar-refractivity contribution in [3.8, 4) is 0 Å². The zero-order valence-electron chi connectivity index (χ0n) is 22.1. The maximum absolute atomic E-state index is 13.9. The minimum atomic E-state index is -0.570. The number of hydrogen-bond donors (Lipinski definition) is 2. The number of pyridine rings is 1. The van der Waals surface area contributed by atoms with Crippen molar-refractivity contribution in [3.63, 3.8) is 0 Å². The van der Waals surface area contributed by atoms with Gasteiger partial charge in [0.25, 0.3) is 5.91 Å². The number of H-pyrrole nitrogens is 1. The largest absolute Gasteiger partial charge is 0.381 e. The summed E-state index contributed by atoms with van der Waals surface area (Å²) in [5.41, 5.74) is 4.64. The molecule has 0 bridgehead atoms. The number of ether oxygens (including phenoxy) is 1. The first-order valence-corrected chi connectivity index (χ1v) is 13.1. The average molecular weight is 512 g/mol. The highest BCUT2D eigenvalue weighted by atomic mass is 16.7. The molecule has 2 aromatic rings. The Morgan fingerprint density at radius 3 is 2.70 bits per heavy atom. The highest BCUT2D eigenvalue weighted by Crippen LogP contribution is 2.40. The second kappa shape index (κ2) is 10.4. The maximum atomic E-state index is 13.9. The second-order valence-electron chi connectivity index (χ2n) is 10.8. The molecule has 0 spiro atoms. The van der Waals surface area contributed by atoms with E-state index < -0.39 is 11.4 Å². The van der Waals surface area contributed by atoms with Crippen LogP contribution in [0.3, 0.4) is 0 Å². The van der Waals surface area contributed by atoms with Crippen LogP contribution in [-0.2, 0) is 28.3 Å². The predicted molar refractivity (Wildman–Crippen MR) is 135 cm³/mol. The molecule has 2 N–H and O–H groups in total. The number of nitrogens with zero attached hydrogens (tertiary/aromatic N) is 5. The van der Waals surface area contributed by atoms with Crippen molar-refractivity contribution in [3.05, 3.63) is 47.0 Å². The Morgan fingerprint density at radius 1 is 1.19 bits per heavy atom. The predicted octanol–water partition coefficient (Wildman–Crippen LogP) is 2.41. The standard InChI is InChI=1S/C26H37N7O4/c1-17-14-32(18(2)13-31(17)19-8-11-36-12-9-19)25(35)33-15-20-22(28-29-23(20)26(33,3)4)16-37-30-24(34)21-7-5-6-10-27-21/h5-7,10,17-19H,8-9,11-16H2,1-4H3,(H,28,29)(H,30,34)/t17-,18+/m1/s1. The molecule has 0 saturated carbocycles. The van der Waals surface area contributed by atoms with E-state index in [4.69, 9.17) is 9.57 Å². The van der Waals surface area contributed by atoms with Crippen molar-refractivity contribution in [2.24, 2.45) is 0 Å². The van der Waals surface area contributed by atoms with Gasteiger partial charge >= 0.3 is 6.03 Å². The third-order valence-electron chi connectivity index (χ3n) is 7.97. The summed E-state index contributed by atoms with van der Waals surface area (Å²) in [6, 6.07) is 6.06. The molecule has 200 valence electrons. The van der Waals surface area contributed by atoms with Crippen LogP contribution in [0.15, 0.2) is 24.4 Å². The number of fused-ring (bicyclic) bond motifs is 1. The lowest BCUT2D eigenvalue weighted by atomic mass is 9.99. The van der Waals surface area contributed by atoms with Crippen molar-refractivity contribution >= 4 is 11.9 Å². The molecule has 0 aliphatic carbocycles. The molecule has 2 fully saturated rings. The number of hydrogen-bond acceptors (Lipinski definition) is 7. The molecule has 3 amide bonds. The van der Waals surface area contributed by atoms with Gasteiger partial charge in [0.2, 0.25) is 0 Å². The Balaban J connectivity index is 1.22. The molecular weight excluding hydrogens is 474 g/mol. The number of piperazine rings is 1. The normalized spacial score (nSPS) is 24.2. The van der Waals surface area contributed by atoms with Gasteiger partial charge in [-0.15, -0.1) is 0 Å². The summed E-state index contributed by atoms with van der Waals surface area (Å²) in [7, 11) is 0. The van der Waals surface area contributed by atoms with E-state index in [9.17, 15) is 9.59 Å². The van der Waals surface area contributed by atoms with Crippen LogP contribution in [0, 0.1) is 0 Å². The molecule has 2 aromatic heterocycles. The van der Waals surface area contributed by atoms with E-state index in [1.807, 2.05) is 23.6 Å². The van der Waals surface area contributed by atoms with Crippen LogP contribution in [0.1, 0.15) is 68.0 Å². The summed E-state index contributed by atoms with van der Waals surface area (Å²) in [6.07, 6.45) is 3.66. The van der Waals surface area contributed by atoms with Gasteiger partial charge < -0.3 is 14.5 Å². The first-order chi connectivity index (χ1) is 17.8. The second-order valence-corrected chi connectivity index (χ2v) is 10.8. The number of carbonyl (C=O) groups excluding carboxylic acids is 2. The third-order valence-corrected chi connectivity index (χ3v) is 7.97. The summed E-state index contributed by atoms with van der Waals surface area (Å²) in [6.45, 7) is 12.2. The van der Waals surface area contributed by atoms with E-state index in [2.05, 4.69) is 39.4 Å². The Hall–Kier alpha value is -3.02. The Morgan fingerprint density at radius 2 is 1.97 bits per heavy atom. The first kappa shape index (κ1) is 25.6. The summed E-state index contributed by atoms with van der Waals surface area (Å²) >= 11 is 0. The van der Waals surface area contributed by atoms with Crippen LogP contribution >= 0.6 is 0 Å². The van der Waals surface area contributed by atoms with Gasteiger partial charge in [-0.3, -0.25) is 24.6 Å². The van der Waals surface area contributed by atoms with Crippen LogP contribution < -0.4 is 5.48 Å². The van der Waals surface area contributed by atoms with Crippen LogP contribution in [0.4, 0.5) is 4.79 Å². The Kier molecular flexibility index (Phi) is 7.19. The fourth-order valence-electron chi connectivity index (χ4n) is 5.81. The van der Waals surface area contributed by atoms with E-state index >= 15 is 0 Å². The first-order valence-electron chi connectivity index (χ1n) is 13.1. The molecule has 2 saturated heterocycles. The van der Waals surface area contributed by atoms with Crippen LogP contribution in [0.5, 0.6) is 0 Å². The molecular formula is C26H37N7O4. The lowest BCUT2D eigenvalue weighted by Gasteiger charge is -2.49. The number of rotatable bonds is 5. The van der Waals surface area contributed by atoms with Crippen LogP contribution in [0.2, 0.25) is 0 Å². The van der Waals surface area contributed by atoms with Gasteiger partial charge in [0.1, 0.15) is 12.3 Å². The summed E-state index contributed by atoms with van der Waals surface area (Å²) < 4.78 is 5.55. The number of carbonyl (C=O) groups is 2. The molecule has 0 radical (unpaired) electrons. The van der Waals surface area contributed by atoms with E-state index in [1.54, 1.807) is 24.4 Å². The maximum Gasteiger partial charge on any atom is 0.321 e. The van der Waals surface area contributed by atoms with Crippen LogP contribution in [-0.4, -0.2) is 86.2 Å². The SMILES string of the molecule is C[C@@H]1CN(C(=O)N2Cc3c(n[nH]c3CONC(=O)c3ccccn3)C2(C)C)[C@@H](C)CN1C1CCOCC1. The number of urea groups is 1. The van der Waals surface area contributed by atoms with Crippen molar-refractivity contribution in [1.82, 2.24) is 35.4 Å². The molecule has 11 nitrogen and oxygen atoms in total. The fourth-order valence-corrected chi connectivity index (χ4v) is 5.81. The lowest BCUT2D eigenvalue weighted by Crippen LogP contribution is -2.63. The zero-order valence-corrected chi connectivity index (χ0v) is 22.1. The molecule has 11 heteroatoms. The fraction of sp³-hybridized carbons (Fsp3) is 0.615. The van der Waals surface area contributed by atoms with Crippen LogP contribution in [0.25, 0.3) is 0 Å². The van der Waals surface area contributed by atoms with E-state index in [0.717, 1.165) is 49.6 Å². The highest BCUT2D eigenvalue weighted by Gasteiger charge is 2.47. The molecule has 5 rings (SSSR count). The van der Waals surface area contributed by atoms with Gasteiger partial charge in [0.05, 0.1) is 23.5 Å². The van der Waals surface area contributed by atoms with Gasteiger partial charge in [0, 0.05) is 56.2 Å². The smallest absolute Gasteiger partial charge is 0.321 e. The third kappa shape index (κ3) is 4.95. The molecule has 2 atom stereocenters. The molecule has 5 heterocycles. The van der Waals surface area contributed by atoms with E-state index in [-0.39, 0.29) is 24.4 Å². The number of aromatic nitrogens is 3. The molecule has 3 aliphatic rings. The number of nitrogens with one attached hydrogen (secondary N) is 2. The molecule has 0 aromatic carbocycles. The number of amides is 3.